The summed E-state index contributed by atoms with van der Waals surface area (Å²) in [6.45, 7) is 1.15. The van der Waals surface area contributed by atoms with Crippen LogP contribution in [-0.4, -0.2) is 48.2 Å². The van der Waals surface area contributed by atoms with E-state index in [0.29, 0.717) is 23.7 Å². The average molecular weight is 255 g/mol. The lowest BCUT2D eigenvalue weighted by Gasteiger charge is -2.26. The number of carbonyl (C=O) groups excluding carboxylic acids is 1. The quantitative estimate of drug-likeness (QED) is 0.819. The van der Waals surface area contributed by atoms with Crippen LogP contribution < -0.4 is 5.32 Å². The summed E-state index contributed by atoms with van der Waals surface area (Å²) in [7, 11) is 1.71. The number of hydrogen-bond donors (Lipinski definition) is 2. The number of benzene rings is 1. The van der Waals surface area contributed by atoms with Gasteiger partial charge in [-0.25, -0.2) is 0 Å². The summed E-state index contributed by atoms with van der Waals surface area (Å²) < 4.78 is 0. The Kier molecular flexibility index (Phi) is 3.66. The lowest BCUT2D eigenvalue weighted by molar-refractivity contribution is 0.0581. The Hall–Kier alpha value is -1.10. The van der Waals surface area contributed by atoms with Crippen LogP contribution in [0.1, 0.15) is 10.4 Å². The number of likely N-dealkylation sites (N-methyl/N-ethyl adjacent to an activating group) is 1. The number of β-amino-alcohol motifs (C(OH)–C–C–N with tert-alkyl or cyclic N) is 1. The van der Waals surface area contributed by atoms with Crippen molar-refractivity contribution >= 4 is 17.5 Å². The highest BCUT2D eigenvalue weighted by atomic mass is 35.5. The van der Waals surface area contributed by atoms with Gasteiger partial charge in [-0.2, -0.15) is 0 Å². The summed E-state index contributed by atoms with van der Waals surface area (Å²) in [5, 5.41) is 13.4. The zero-order valence-corrected chi connectivity index (χ0v) is 10.3. The first-order valence-corrected chi connectivity index (χ1v) is 5.89. The van der Waals surface area contributed by atoms with Crippen molar-refractivity contribution in [3.05, 3.63) is 34.9 Å². The number of halogens is 1. The van der Waals surface area contributed by atoms with Crippen LogP contribution in [-0.2, 0) is 0 Å². The van der Waals surface area contributed by atoms with E-state index in [1.165, 1.54) is 0 Å². The fraction of sp³-hybridized carbons (Fsp3) is 0.417. The third-order valence-corrected chi connectivity index (χ3v) is 3.31. The number of rotatable bonds is 2. The summed E-state index contributed by atoms with van der Waals surface area (Å²) >= 11 is 5.77. The maximum atomic E-state index is 12.1. The Morgan fingerprint density at radius 3 is 2.59 bits per heavy atom. The average Bonchev–Trinajstić information content (AvgIpc) is 2.74. The van der Waals surface area contributed by atoms with Crippen LogP contribution in [0.3, 0.4) is 0 Å². The molecule has 0 radical (unpaired) electrons. The monoisotopic (exact) mass is 254 g/mol. The number of aliphatic hydroxyl groups excluding tert-OH is 1. The van der Waals surface area contributed by atoms with Crippen molar-refractivity contribution < 1.29 is 9.90 Å². The van der Waals surface area contributed by atoms with Crippen LogP contribution in [0.2, 0.25) is 5.02 Å². The molecule has 1 aromatic rings. The van der Waals surface area contributed by atoms with Crippen molar-refractivity contribution in [3.8, 4) is 0 Å². The van der Waals surface area contributed by atoms with E-state index < -0.39 is 6.10 Å². The Morgan fingerprint density at radius 1 is 1.41 bits per heavy atom. The molecule has 0 bridgehead atoms. The minimum absolute atomic E-state index is 0.102. The van der Waals surface area contributed by atoms with Gasteiger partial charge in [-0.15, -0.1) is 0 Å². The molecule has 1 saturated heterocycles. The summed E-state index contributed by atoms with van der Waals surface area (Å²) in [5.41, 5.74) is 0.580. The van der Waals surface area contributed by atoms with Crippen molar-refractivity contribution in [3.63, 3.8) is 0 Å². The number of amides is 1. The minimum Gasteiger partial charge on any atom is -0.390 e. The standard InChI is InChI=1S/C12H15ClN2O2/c1-15(10-6-14-7-11(10)16)12(17)8-2-4-9(13)5-3-8/h2-5,10-11,14,16H,6-7H2,1H3/t10-,11-/m0/s1. The molecule has 92 valence electrons. The van der Waals surface area contributed by atoms with E-state index in [1.54, 1.807) is 36.2 Å². The van der Waals surface area contributed by atoms with Crippen LogP contribution >= 0.6 is 11.6 Å². The van der Waals surface area contributed by atoms with E-state index in [1.807, 2.05) is 0 Å². The van der Waals surface area contributed by atoms with E-state index in [2.05, 4.69) is 5.32 Å². The van der Waals surface area contributed by atoms with Gasteiger partial charge in [0.05, 0.1) is 12.1 Å². The van der Waals surface area contributed by atoms with E-state index >= 15 is 0 Å². The number of aliphatic hydroxyl groups is 1. The van der Waals surface area contributed by atoms with Gasteiger partial charge in [-0.05, 0) is 24.3 Å². The molecule has 0 aliphatic carbocycles. The second-order valence-corrected chi connectivity index (χ2v) is 4.65. The molecule has 1 aromatic carbocycles. The third kappa shape index (κ3) is 2.60. The van der Waals surface area contributed by atoms with Gasteiger partial charge in [0, 0.05) is 30.7 Å². The van der Waals surface area contributed by atoms with Crippen molar-refractivity contribution in [1.29, 1.82) is 0 Å². The molecule has 2 N–H and O–H groups in total. The molecule has 0 saturated carbocycles. The highest BCUT2D eigenvalue weighted by molar-refractivity contribution is 6.30. The number of carbonyl (C=O) groups is 1. The fourth-order valence-corrected chi connectivity index (χ4v) is 2.12. The molecular weight excluding hydrogens is 240 g/mol. The number of hydrogen-bond acceptors (Lipinski definition) is 3. The molecular formula is C12H15ClN2O2. The molecule has 0 spiro atoms. The summed E-state index contributed by atoms with van der Waals surface area (Å²) in [6.07, 6.45) is -0.503. The van der Waals surface area contributed by atoms with Gasteiger partial charge in [0.2, 0.25) is 0 Å². The smallest absolute Gasteiger partial charge is 0.253 e. The van der Waals surface area contributed by atoms with Gasteiger partial charge >= 0.3 is 0 Å². The lowest BCUT2D eigenvalue weighted by Crippen LogP contribution is -2.44. The predicted molar refractivity (Wildman–Crippen MR) is 66.2 cm³/mol. The first kappa shape index (κ1) is 12.4. The zero-order valence-electron chi connectivity index (χ0n) is 9.56. The van der Waals surface area contributed by atoms with Gasteiger partial charge in [0.15, 0.2) is 0 Å². The Bertz CT molecular complexity index is 407. The van der Waals surface area contributed by atoms with Crippen LogP contribution in [0.5, 0.6) is 0 Å². The van der Waals surface area contributed by atoms with Gasteiger partial charge in [0.1, 0.15) is 0 Å². The van der Waals surface area contributed by atoms with E-state index in [4.69, 9.17) is 11.6 Å². The molecule has 1 aliphatic heterocycles. The van der Waals surface area contributed by atoms with Gasteiger partial charge in [0.25, 0.3) is 5.91 Å². The molecule has 5 heteroatoms. The summed E-state index contributed by atoms with van der Waals surface area (Å²) in [6, 6.07) is 6.59. The van der Waals surface area contributed by atoms with Crippen molar-refractivity contribution in [2.45, 2.75) is 12.1 Å². The van der Waals surface area contributed by atoms with Crippen LogP contribution in [0.4, 0.5) is 0 Å². The molecule has 1 fully saturated rings. The van der Waals surface area contributed by atoms with Gasteiger partial charge in [-0.3, -0.25) is 4.79 Å². The molecule has 2 rings (SSSR count). The second-order valence-electron chi connectivity index (χ2n) is 4.22. The number of nitrogens with zero attached hydrogens (tertiary/aromatic N) is 1. The highest BCUT2D eigenvalue weighted by Gasteiger charge is 2.31. The molecule has 4 nitrogen and oxygen atoms in total. The van der Waals surface area contributed by atoms with Crippen molar-refractivity contribution in [1.82, 2.24) is 10.2 Å². The summed E-state index contributed by atoms with van der Waals surface area (Å²) in [4.78, 5) is 13.7. The second kappa shape index (κ2) is 5.04. The normalized spacial score (nSPS) is 23.7. The molecule has 1 amide bonds. The minimum atomic E-state index is -0.503. The van der Waals surface area contributed by atoms with E-state index in [-0.39, 0.29) is 11.9 Å². The molecule has 0 unspecified atom stereocenters. The lowest BCUT2D eigenvalue weighted by atomic mass is 10.1. The summed E-state index contributed by atoms with van der Waals surface area (Å²) in [5.74, 6) is -0.102. The van der Waals surface area contributed by atoms with Crippen molar-refractivity contribution in [2.75, 3.05) is 20.1 Å². The Labute approximate surface area is 105 Å². The predicted octanol–water partition coefficient (Wildman–Crippen LogP) is 0.745. The van der Waals surface area contributed by atoms with Crippen LogP contribution in [0.15, 0.2) is 24.3 Å². The highest BCUT2D eigenvalue weighted by Crippen LogP contribution is 2.14. The topological polar surface area (TPSA) is 52.6 Å². The SMILES string of the molecule is CN(C(=O)c1ccc(Cl)cc1)[C@H]1CNC[C@@H]1O. The first-order chi connectivity index (χ1) is 8.09. The largest absolute Gasteiger partial charge is 0.390 e. The maximum Gasteiger partial charge on any atom is 0.253 e. The fourth-order valence-electron chi connectivity index (χ4n) is 1.99. The number of nitrogens with one attached hydrogen (secondary N) is 1. The van der Waals surface area contributed by atoms with E-state index in [0.717, 1.165) is 0 Å². The molecule has 1 heterocycles. The molecule has 0 aromatic heterocycles. The van der Waals surface area contributed by atoms with Gasteiger partial charge < -0.3 is 15.3 Å². The van der Waals surface area contributed by atoms with Crippen molar-refractivity contribution in [2.24, 2.45) is 0 Å². The molecule has 1 aliphatic rings. The Balaban J connectivity index is 2.11. The Morgan fingerprint density at radius 2 is 2.06 bits per heavy atom. The molecule has 17 heavy (non-hydrogen) atoms. The van der Waals surface area contributed by atoms with E-state index in [9.17, 15) is 9.90 Å². The molecule has 2 atom stereocenters. The maximum absolute atomic E-state index is 12.1. The third-order valence-electron chi connectivity index (χ3n) is 3.06. The van der Waals surface area contributed by atoms with Gasteiger partial charge in [-0.1, -0.05) is 11.6 Å². The zero-order chi connectivity index (χ0) is 12.4. The van der Waals surface area contributed by atoms with Crippen LogP contribution in [0, 0.1) is 0 Å². The van der Waals surface area contributed by atoms with Crippen LogP contribution in [0.25, 0.3) is 0 Å². The first-order valence-electron chi connectivity index (χ1n) is 5.51.